The molecule has 0 spiro atoms. The Morgan fingerprint density at radius 1 is 1.00 bits per heavy atom. The molecule has 0 saturated heterocycles. The zero-order valence-corrected chi connectivity index (χ0v) is 13.3. The maximum Gasteiger partial charge on any atom is 0.175 e. The molecular formula is C15H27N2S+. The van der Waals surface area contributed by atoms with Crippen molar-refractivity contribution in [2.45, 2.75) is 25.7 Å². The molecule has 0 amide bonds. The van der Waals surface area contributed by atoms with Crippen LogP contribution in [0, 0.1) is 6.92 Å². The summed E-state index contributed by atoms with van der Waals surface area (Å²) in [5.41, 5.74) is 1.34. The first-order valence-corrected chi connectivity index (χ1v) is 8.10. The van der Waals surface area contributed by atoms with Crippen LogP contribution in [0.1, 0.15) is 19.4 Å². The van der Waals surface area contributed by atoms with Gasteiger partial charge in [-0.2, -0.15) is 0 Å². The molecule has 1 unspecified atom stereocenters. The molecule has 18 heavy (non-hydrogen) atoms. The van der Waals surface area contributed by atoms with Crippen LogP contribution in [0.25, 0.3) is 0 Å². The molecule has 0 N–H and O–H groups in total. The van der Waals surface area contributed by atoms with Gasteiger partial charge < -0.3 is 0 Å². The van der Waals surface area contributed by atoms with E-state index in [0.29, 0.717) is 0 Å². The van der Waals surface area contributed by atoms with Gasteiger partial charge in [0.25, 0.3) is 0 Å². The fourth-order valence-electron chi connectivity index (χ4n) is 1.96. The summed E-state index contributed by atoms with van der Waals surface area (Å²) in [6.45, 7) is 10.1. The Kier molecular flexibility index (Phi) is 6.76. The van der Waals surface area contributed by atoms with Gasteiger partial charge in [-0.3, -0.25) is 4.90 Å². The van der Waals surface area contributed by atoms with Gasteiger partial charge in [0.2, 0.25) is 0 Å². The molecule has 0 aliphatic rings. The number of nitrogens with zero attached hydrogens (tertiary/aromatic N) is 2. The molecule has 102 valence electrons. The zero-order chi connectivity index (χ0) is 13.5. The van der Waals surface area contributed by atoms with Crippen molar-refractivity contribution >= 4 is 11.1 Å². The summed E-state index contributed by atoms with van der Waals surface area (Å²) in [5, 5.41) is 0. The van der Waals surface area contributed by atoms with E-state index in [9.17, 15) is 0 Å². The zero-order valence-electron chi connectivity index (χ0n) is 12.4. The van der Waals surface area contributed by atoms with E-state index in [2.05, 4.69) is 68.3 Å². The molecule has 1 atom stereocenters. The van der Waals surface area contributed by atoms with Gasteiger partial charge in [0.1, 0.15) is 16.8 Å². The largest absolute Gasteiger partial charge is 0.299 e. The lowest BCUT2D eigenvalue weighted by molar-refractivity contribution is 0.322. The Bertz CT molecular complexity index is 331. The van der Waals surface area contributed by atoms with Crippen LogP contribution in [0.5, 0.6) is 0 Å². The van der Waals surface area contributed by atoms with Crippen LogP contribution in [0.15, 0.2) is 29.2 Å². The van der Waals surface area contributed by atoms with E-state index >= 15 is 0 Å². The third kappa shape index (κ3) is 4.63. The highest BCUT2D eigenvalue weighted by molar-refractivity contribution is 7.94. The first-order chi connectivity index (χ1) is 8.58. The van der Waals surface area contributed by atoms with Crippen LogP contribution in [-0.4, -0.2) is 48.7 Å². The van der Waals surface area contributed by atoms with Crippen molar-refractivity contribution in [3.63, 3.8) is 0 Å². The lowest BCUT2D eigenvalue weighted by atomic mass is 10.2. The van der Waals surface area contributed by atoms with Gasteiger partial charge in [-0.25, -0.2) is 0 Å². The van der Waals surface area contributed by atoms with Crippen LogP contribution < -0.4 is 0 Å². The summed E-state index contributed by atoms with van der Waals surface area (Å²) in [7, 11) is 4.37. The Morgan fingerprint density at radius 2 is 1.56 bits per heavy atom. The number of hydrogen-bond acceptors (Lipinski definition) is 2. The standard InChI is InChI=1S/C15H27N2S/c1-6-17(7-2)12-13-18(16(4)5)15-10-8-14(3)9-11-15/h8-11H,6-7,12-13H2,1-5H3/q+1. The smallest absolute Gasteiger partial charge is 0.175 e. The summed E-state index contributed by atoms with van der Waals surface area (Å²) >= 11 is 0.220. The highest BCUT2D eigenvalue weighted by Crippen LogP contribution is 2.17. The van der Waals surface area contributed by atoms with E-state index < -0.39 is 0 Å². The predicted octanol–water partition coefficient (Wildman–Crippen LogP) is 2.79. The molecule has 3 heteroatoms. The second kappa shape index (κ2) is 7.82. The summed E-state index contributed by atoms with van der Waals surface area (Å²) in [4.78, 5) is 3.95. The molecule has 2 nitrogen and oxygen atoms in total. The van der Waals surface area contributed by atoms with Gasteiger partial charge in [0.15, 0.2) is 4.90 Å². The van der Waals surface area contributed by atoms with Gasteiger partial charge in [0.05, 0.1) is 0 Å². The van der Waals surface area contributed by atoms with Gasteiger partial charge in [-0.1, -0.05) is 31.5 Å². The molecule has 0 aliphatic heterocycles. The van der Waals surface area contributed by atoms with Crippen molar-refractivity contribution in [2.75, 3.05) is 39.5 Å². The quantitative estimate of drug-likeness (QED) is 0.701. The Hall–Kier alpha value is -0.510. The van der Waals surface area contributed by atoms with Crippen LogP contribution in [-0.2, 0) is 11.1 Å². The van der Waals surface area contributed by atoms with Crippen LogP contribution in [0.3, 0.4) is 0 Å². The molecule has 1 aromatic rings. The molecule has 0 aliphatic carbocycles. The van der Waals surface area contributed by atoms with E-state index in [-0.39, 0.29) is 11.1 Å². The minimum atomic E-state index is 0.220. The van der Waals surface area contributed by atoms with Crippen molar-refractivity contribution in [3.8, 4) is 0 Å². The van der Waals surface area contributed by atoms with E-state index in [1.807, 2.05) is 0 Å². The average molecular weight is 267 g/mol. The first-order valence-electron chi connectivity index (χ1n) is 6.75. The van der Waals surface area contributed by atoms with Crippen molar-refractivity contribution in [1.82, 2.24) is 9.21 Å². The van der Waals surface area contributed by atoms with E-state index in [1.54, 1.807) is 0 Å². The second-order valence-corrected chi connectivity index (χ2v) is 7.06. The normalized spacial score (nSPS) is 13.3. The van der Waals surface area contributed by atoms with Gasteiger partial charge >= 0.3 is 0 Å². The summed E-state index contributed by atoms with van der Waals surface area (Å²) < 4.78 is 2.36. The third-order valence-electron chi connectivity index (χ3n) is 3.23. The van der Waals surface area contributed by atoms with E-state index in [0.717, 1.165) is 13.1 Å². The van der Waals surface area contributed by atoms with Crippen molar-refractivity contribution in [2.24, 2.45) is 0 Å². The molecule has 0 radical (unpaired) electrons. The van der Waals surface area contributed by atoms with Gasteiger partial charge in [-0.15, -0.1) is 4.31 Å². The fourth-order valence-corrected chi connectivity index (χ4v) is 3.87. The van der Waals surface area contributed by atoms with Gasteiger partial charge in [0, 0.05) is 20.6 Å². The number of benzene rings is 1. The molecule has 0 saturated carbocycles. The molecule has 1 rings (SSSR count). The summed E-state index contributed by atoms with van der Waals surface area (Å²) in [6, 6.07) is 8.99. The Morgan fingerprint density at radius 3 is 2.00 bits per heavy atom. The highest BCUT2D eigenvalue weighted by Gasteiger charge is 2.25. The molecule has 0 fully saturated rings. The average Bonchev–Trinajstić information content (AvgIpc) is 2.36. The van der Waals surface area contributed by atoms with Crippen molar-refractivity contribution in [3.05, 3.63) is 29.8 Å². The highest BCUT2D eigenvalue weighted by atomic mass is 32.2. The topological polar surface area (TPSA) is 6.48 Å². The maximum absolute atomic E-state index is 2.50. The Balaban J connectivity index is 2.68. The second-order valence-electron chi connectivity index (χ2n) is 4.72. The summed E-state index contributed by atoms with van der Waals surface area (Å²) in [5.74, 6) is 1.22. The SMILES string of the molecule is CCN(CC)CC[S+](c1ccc(C)cc1)N(C)C. The number of hydrogen-bond donors (Lipinski definition) is 0. The van der Waals surface area contributed by atoms with E-state index in [1.165, 1.54) is 22.8 Å². The number of rotatable bonds is 7. The Labute approximate surface area is 115 Å². The minimum Gasteiger partial charge on any atom is -0.299 e. The maximum atomic E-state index is 2.50. The molecule has 0 aromatic heterocycles. The molecule has 0 heterocycles. The van der Waals surface area contributed by atoms with E-state index in [4.69, 9.17) is 0 Å². The fraction of sp³-hybridized carbons (Fsp3) is 0.600. The monoisotopic (exact) mass is 267 g/mol. The van der Waals surface area contributed by atoms with Crippen LogP contribution >= 0.6 is 0 Å². The van der Waals surface area contributed by atoms with Crippen LogP contribution in [0.2, 0.25) is 0 Å². The molecular weight excluding hydrogens is 240 g/mol. The first kappa shape index (κ1) is 15.5. The lowest BCUT2D eigenvalue weighted by Crippen LogP contribution is -2.34. The van der Waals surface area contributed by atoms with Crippen LogP contribution in [0.4, 0.5) is 0 Å². The minimum absolute atomic E-state index is 0.220. The van der Waals surface area contributed by atoms with Crippen molar-refractivity contribution < 1.29 is 0 Å². The van der Waals surface area contributed by atoms with Gasteiger partial charge in [-0.05, 0) is 32.1 Å². The summed E-state index contributed by atoms with van der Waals surface area (Å²) in [6.07, 6.45) is 0. The number of aryl methyl sites for hydroxylation is 1. The molecule has 0 bridgehead atoms. The lowest BCUT2D eigenvalue weighted by Gasteiger charge is -2.19. The predicted molar refractivity (Wildman–Crippen MR) is 83.2 cm³/mol. The third-order valence-corrected chi connectivity index (χ3v) is 5.50. The van der Waals surface area contributed by atoms with Crippen molar-refractivity contribution in [1.29, 1.82) is 0 Å². The molecule has 1 aromatic carbocycles.